The lowest BCUT2D eigenvalue weighted by atomic mass is 10.0. The Balaban J connectivity index is 2.36. The number of hydrogen-bond donors (Lipinski definition) is 1. The number of ether oxygens (including phenoxy) is 1. The summed E-state index contributed by atoms with van der Waals surface area (Å²) in [7, 11) is 0. The van der Waals surface area contributed by atoms with Gasteiger partial charge in [-0.1, -0.05) is 0 Å². The smallest absolute Gasteiger partial charge is 0.387 e. The van der Waals surface area contributed by atoms with Crippen molar-refractivity contribution in [1.29, 1.82) is 0 Å². The van der Waals surface area contributed by atoms with Gasteiger partial charge in [0, 0.05) is 29.2 Å². The summed E-state index contributed by atoms with van der Waals surface area (Å²) in [4.78, 5) is 16.0. The highest BCUT2D eigenvalue weighted by molar-refractivity contribution is 6.12. The quantitative estimate of drug-likeness (QED) is 0.680. The van der Waals surface area contributed by atoms with Gasteiger partial charge in [0.25, 0.3) is 0 Å². The third kappa shape index (κ3) is 3.04. The van der Waals surface area contributed by atoms with Crippen LogP contribution >= 0.6 is 0 Å². The predicted molar refractivity (Wildman–Crippen MR) is 65.2 cm³/mol. The number of nitrogen functional groups attached to an aromatic ring is 1. The third-order valence-corrected chi connectivity index (χ3v) is 2.42. The summed E-state index contributed by atoms with van der Waals surface area (Å²) in [5, 5.41) is 0. The van der Waals surface area contributed by atoms with E-state index in [0.717, 1.165) is 0 Å². The standard InChI is InChI=1S/C13H10F2N2O2/c14-13(15)19-9-3-4-11(16)10(6-9)12(18)8-2-1-5-17-7-8/h1-7,13H,16H2. The monoisotopic (exact) mass is 264 g/mol. The summed E-state index contributed by atoms with van der Waals surface area (Å²) >= 11 is 0. The maximum Gasteiger partial charge on any atom is 0.387 e. The van der Waals surface area contributed by atoms with E-state index in [1.807, 2.05) is 0 Å². The number of nitrogens with zero attached hydrogens (tertiary/aromatic N) is 1. The zero-order valence-corrected chi connectivity index (χ0v) is 9.72. The molecule has 6 heteroatoms. The highest BCUT2D eigenvalue weighted by Crippen LogP contribution is 2.23. The fourth-order valence-corrected chi connectivity index (χ4v) is 1.56. The van der Waals surface area contributed by atoms with E-state index in [2.05, 4.69) is 9.72 Å². The molecular formula is C13H10F2N2O2. The number of nitrogens with two attached hydrogens (primary N) is 1. The minimum atomic E-state index is -2.95. The molecule has 0 fully saturated rings. The van der Waals surface area contributed by atoms with Gasteiger partial charge in [0.1, 0.15) is 5.75 Å². The molecule has 1 heterocycles. The number of rotatable bonds is 4. The molecule has 0 aliphatic rings. The third-order valence-electron chi connectivity index (χ3n) is 2.42. The average molecular weight is 264 g/mol. The normalized spacial score (nSPS) is 10.5. The Morgan fingerprint density at radius 1 is 1.32 bits per heavy atom. The number of pyridine rings is 1. The summed E-state index contributed by atoms with van der Waals surface area (Å²) in [6, 6.07) is 6.98. The van der Waals surface area contributed by atoms with E-state index in [1.165, 1.54) is 30.6 Å². The van der Waals surface area contributed by atoms with E-state index in [9.17, 15) is 13.6 Å². The van der Waals surface area contributed by atoms with Gasteiger partial charge in [0.2, 0.25) is 0 Å². The van der Waals surface area contributed by atoms with E-state index in [-0.39, 0.29) is 17.0 Å². The molecule has 0 bridgehead atoms. The summed E-state index contributed by atoms with van der Waals surface area (Å²) in [5.41, 5.74) is 6.29. The van der Waals surface area contributed by atoms with Gasteiger partial charge in [-0.15, -0.1) is 0 Å². The van der Waals surface area contributed by atoms with E-state index in [4.69, 9.17) is 5.73 Å². The molecule has 0 atom stereocenters. The van der Waals surface area contributed by atoms with Crippen molar-refractivity contribution in [2.24, 2.45) is 0 Å². The lowest BCUT2D eigenvalue weighted by molar-refractivity contribution is -0.0498. The van der Waals surface area contributed by atoms with Gasteiger partial charge < -0.3 is 10.5 Å². The van der Waals surface area contributed by atoms with E-state index >= 15 is 0 Å². The predicted octanol–water partition coefficient (Wildman–Crippen LogP) is 2.50. The molecule has 2 N–H and O–H groups in total. The second-order valence-corrected chi connectivity index (χ2v) is 3.70. The minimum Gasteiger partial charge on any atom is -0.435 e. The van der Waals surface area contributed by atoms with Crippen LogP contribution in [0, 0.1) is 0 Å². The molecule has 98 valence electrons. The first kappa shape index (κ1) is 12.9. The number of hydrogen-bond acceptors (Lipinski definition) is 4. The Hall–Kier alpha value is -2.50. The molecule has 2 aromatic rings. The van der Waals surface area contributed by atoms with Crippen molar-refractivity contribution in [2.45, 2.75) is 6.61 Å². The Morgan fingerprint density at radius 2 is 2.11 bits per heavy atom. The van der Waals surface area contributed by atoms with Crippen LogP contribution in [0.2, 0.25) is 0 Å². The molecule has 0 spiro atoms. The van der Waals surface area contributed by atoms with Gasteiger partial charge >= 0.3 is 6.61 Å². The minimum absolute atomic E-state index is 0.103. The van der Waals surface area contributed by atoms with Gasteiger partial charge in [0.05, 0.1) is 0 Å². The van der Waals surface area contributed by atoms with Crippen molar-refractivity contribution in [3.8, 4) is 5.75 Å². The van der Waals surface area contributed by atoms with Crippen LogP contribution in [0.3, 0.4) is 0 Å². The number of aromatic nitrogens is 1. The fourth-order valence-electron chi connectivity index (χ4n) is 1.56. The number of alkyl halides is 2. The zero-order valence-electron chi connectivity index (χ0n) is 9.72. The number of ketones is 1. The molecule has 19 heavy (non-hydrogen) atoms. The van der Waals surface area contributed by atoms with Gasteiger partial charge in [0.15, 0.2) is 5.78 Å². The molecule has 0 unspecified atom stereocenters. The van der Waals surface area contributed by atoms with Crippen molar-refractivity contribution >= 4 is 11.5 Å². The average Bonchev–Trinajstić information content (AvgIpc) is 2.40. The molecular weight excluding hydrogens is 254 g/mol. The van der Waals surface area contributed by atoms with Gasteiger partial charge in [-0.25, -0.2) is 0 Å². The molecule has 1 aromatic carbocycles. The molecule has 1 aromatic heterocycles. The van der Waals surface area contributed by atoms with Crippen molar-refractivity contribution in [1.82, 2.24) is 4.98 Å². The van der Waals surface area contributed by atoms with Gasteiger partial charge in [-0.05, 0) is 30.3 Å². The summed E-state index contributed by atoms with van der Waals surface area (Å²) in [5.74, 6) is -0.512. The molecule has 4 nitrogen and oxygen atoms in total. The van der Waals surface area contributed by atoms with Crippen LogP contribution in [-0.2, 0) is 0 Å². The number of carbonyl (C=O) groups excluding carboxylic acids is 1. The van der Waals surface area contributed by atoms with Crippen LogP contribution in [0.4, 0.5) is 14.5 Å². The molecule has 2 rings (SSSR count). The molecule has 0 saturated heterocycles. The van der Waals surface area contributed by atoms with Crippen LogP contribution in [0.15, 0.2) is 42.7 Å². The number of carbonyl (C=O) groups is 1. The highest BCUT2D eigenvalue weighted by Gasteiger charge is 2.15. The van der Waals surface area contributed by atoms with Crippen molar-refractivity contribution < 1.29 is 18.3 Å². The second-order valence-electron chi connectivity index (χ2n) is 3.70. The summed E-state index contributed by atoms with van der Waals surface area (Å²) < 4.78 is 28.5. The molecule has 0 radical (unpaired) electrons. The topological polar surface area (TPSA) is 65.2 Å². The second kappa shape index (κ2) is 5.43. The molecule has 0 saturated carbocycles. The lowest BCUT2D eigenvalue weighted by Crippen LogP contribution is -2.08. The summed E-state index contributed by atoms with van der Waals surface area (Å²) in [6.45, 7) is -2.95. The fraction of sp³-hybridized carbons (Fsp3) is 0.0769. The van der Waals surface area contributed by atoms with Crippen molar-refractivity contribution in [3.63, 3.8) is 0 Å². The Morgan fingerprint density at radius 3 is 2.74 bits per heavy atom. The van der Waals surface area contributed by atoms with Crippen LogP contribution in [-0.4, -0.2) is 17.4 Å². The Bertz CT molecular complexity index is 588. The van der Waals surface area contributed by atoms with Crippen LogP contribution in [0.25, 0.3) is 0 Å². The van der Waals surface area contributed by atoms with E-state index in [1.54, 1.807) is 12.1 Å². The Labute approximate surface area is 107 Å². The Kier molecular flexibility index (Phi) is 3.70. The van der Waals surface area contributed by atoms with Crippen LogP contribution in [0.5, 0.6) is 5.75 Å². The zero-order chi connectivity index (χ0) is 13.8. The number of anilines is 1. The highest BCUT2D eigenvalue weighted by atomic mass is 19.3. The number of halogens is 2. The van der Waals surface area contributed by atoms with Crippen molar-refractivity contribution in [3.05, 3.63) is 53.9 Å². The lowest BCUT2D eigenvalue weighted by Gasteiger charge is -2.08. The summed E-state index contributed by atoms with van der Waals surface area (Å²) in [6.07, 6.45) is 2.90. The van der Waals surface area contributed by atoms with Crippen LogP contribution in [0.1, 0.15) is 15.9 Å². The van der Waals surface area contributed by atoms with Crippen LogP contribution < -0.4 is 10.5 Å². The SMILES string of the molecule is Nc1ccc(OC(F)F)cc1C(=O)c1cccnc1. The largest absolute Gasteiger partial charge is 0.435 e. The van der Waals surface area contributed by atoms with Gasteiger partial charge in [-0.2, -0.15) is 8.78 Å². The maximum absolute atomic E-state index is 12.1. The van der Waals surface area contributed by atoms with E-state index in [0.29, 0.717) is 5.56 Å². The molecule has 0 amide bonds. The first-order valence-corrected chi connectivity index (χ1v) is 5.37. The first-order chi connectivity index (χ1) is 9.08. The molecule has 0 aliphatic heterocycles. The van der Waals surface area contributed by atoms with Crippen molar-refractivity contribution in [2.75, 3.05) is 5.73 Å². The first-order valence-electron chi connectivity index (χ1n) is 5.37. The maximum atomic E-state index is 12.1. The van der Waals surface area contributed by atoms with Gasteiger partial charge in [-0.3, -0.25) is 9.78 Å². The number of benzene rings is 1. The molecule has 0 aliphatic carbocycles. The van der Waals surface area contributed by atoms with E-state index < -0.39 is 12.4 Å².